The summed E-state index contributed by atoms with van der Waals surface area (Å²) >= 11 is 0. The van der Waals surface area contributed by atoms with E-state index < -0.39 is 0 Å². The fourth-order valence-corrected chi connectivity index (χ4v) is 3.32. The summed E-state index contributed by atoms with van der Waals surface area (Å²) < 4.78 is 0. The van der Waals surface area contributed by atoms with Crippen molar-refractivity contribution in [3.05, 3.63) is 0 Å². The Morgan fingerprint density at radius 2 is 2.06 bits per heavy atom. The second-order valence-corrected chi connectivity index (χ2v) is 6.44. The molecule has 1 aliphatic carbocycles. The minimum absolute atomic E-state index is 0.0801. The van der Waals surface area contributed by atoms with Gasteiger partial charge in [0.2, 0.25) is 5.91 Å². The predicted molar refractivity (Wildman–Crippen MR) is 74.2 cm³/mol. The lowest BCUT2D eigenvalue weighted by Gasteiger charge is -2.17. The highest BCUT2D eigenvalue weighted by Gasteiger charge is 2.30. The highest BCUT2D eigenvalue weighted by molar-refractivity contribution is 5.83. The van der Waals surface area contributed by atoms with Gasteiger partial charge in [-0.05, 0) is 31.1 Å². The van der Waals surface area contributed by atoms with Crippen LogP contribution in [-0.2, 0) is 4.79 Å². The maximum absolute atomic E-state index is 12.1. The lowest BCUT2D eigenvalue weighted by Crippen LogP contribution is -2.32. The van der Waals surface area contributed by atoms with Crippen LogP contribution in [0.15, 0.2) is 0 Å². The molecule has 2 fully saturated rings. The average Bonchev–Trinajstić information content (AvgIpc) is 2.93. The normalized spacial score (nSPS) is 25.6. The number of amides is 1. The highest BCUT2D eigenvalue weighted by atomic mass is 16.2. The van der Waals surface area contributed by atoms with Gasteiger partial charge in [0.15, 0.2) is 0 Å². The molecule has 3 nitrogen and oxygen atoms in total. The van der Waals surface area contributed by atoms with E-state index in [1.54, 1.807) is 0 Å². The molecule has 0 radical (unpaired) electrons. The Morgan fingerprint density at radius 3 is 2.72 bits per heavy atom. The Kier molecular flexibility index (Phi) is 5.04. The van der Waals surface area contributed by atoms with Gasteiger partial charge in [-0.25, -0.2) is 0 Å². The summed E-state index contributed by atoms with van der Waals surface area (Å²) in [5.74, 6) is 1.86. The fraction of sp³-hybridized carbons (Fsp3) is 0.933. The van der Waals surface area contributed by atoms with Gasteiger partial charge in [-0.2, -0.15) is 0 Å². The first kappa shape index (κ1) is 13.9. The van der Waals surface area contributed by atoms with E-state index in [1.807, 2.05) is 4.90 Å². The van der Waals surface area contributed by atoms with Crippen LogP contribution in [0.1, 0.15) is 58.8 Å². The molecular weight excluding hydrogens is 224 g/mol. The molecule has 1 aliphatic heterocycles. The summed E-state index contributed by atoms with van der Waals surface area (Å²) in [6.07, 6.45) is 9.16. The minimum Gasteiger partial charge on any atom is -0.329 e. The van der Waals surface area contributed by atoms with Gasteiger partial charge in [0.05, 0.1) is 12.7 Å². The van der Waals surface area contributed by atoms with Crippen LogP contribution in [0.3, 0.4) is 0 Å². The van der Waals surface area contributed by atoms with E-state index in [0.29, 0.717) is 11.8 Å². The third-order valence-corrected chi connectivity index (χ3v) is 4.36. The molecule has 1 N–H and O–H groups in total. The number of nitrogens with zero attached hydrogens (tertiary/aromatic N) is 1. The minimum atomic E-state index is 0.0801. The first-order chi connectivity index (χ1) is 8.66. The third kappa shape index (κ3) is 3.71. The van der Waals surface area contributed by atoms with Gasteiger partial charge in [0.1, 0.15) is 0 Å². The summed E-state index contributed by atoms with van der Waals surface area (Å²) in [5.41, 5.74) is 0. The van der Waals surface area contributed by atoms with E-state index in [2.05, 4.69) is 19.2 Å². The fourth-order valence-electron chi connectivity index (χ4n) is 3.32. The van der Waals surface area contributed by atoms with Crippen molar-refractivity contribution in [3.63, 3.8) is 0 Å². The van der Waals surface area contributed by atoms with Crippen LogP contribution in [0, 0.1) is 11.8 Å². The van der Waals surface area contributed by atoms with Crippen molar-refractivity contribution in [3.8, 4) is 0 Å². The summed E-state index contributed by atoms with van der Waals surface area (Å²) in [6, 6.07) is 0.0801. The molecule has 2 aliphatic rings. The van der Waals surface area contributed by atoms with Crippen molar-refractivity contribution in [1.29, 1.82) is 0 Å². The monoisotopic (exact) mass is 252 g/mol. The number of hydrogen-bond donors (Lipinski definition) is 1. The number of rotatable bonds is 6. The van der Waals surface area contributed by atoms with Crippen molar-refractivity contribution < 1.29 is 4.79 Å². The maximum Gasteiger partial charge on any atom is 0.240 e. The summed E-state index contributed by atoms with van der Waals surface area (Å²) in [6.45, 7) is 6.08. The zero-order valence-electron chi connectivity index (χ0n) is 12.0. The Balaban J connectivity index is 1.66. The van der Waals surface area contributed by atoms with Crippen molar-refractivity contribution in [2.45, 2.75) is 64.8 Å². The van der Waals surface area contributed by atoms with E-state index in [9.17, 15) is 4.79 Å². The molecule has 0 aromatic carbocycles. The summed E-state index contributed by atoms with van der Waals surface area (Å²) in [4.78, 5) is 14.1. The van der Waals surface area contributed by atoms with Crippen molar-refractivity contribution in [1.82, 2.24) is 10.2 Å². The van der Waals surface area contributed by atoms with Gasteiger partial charge in [0.25, 0.3) is 0 Å². The van der Waals surface area contributed by atoms with E-state index >= 15 is 0 Å². The SMILES string of the molecule is CC(C)CC1NCN(CCCC2CCCC2)C1=O. The quantitative estimate of drug-likeness (QED) is 0.788. The molecule has 1 atom stereocenters. The number of hydrogen-bond acceptors (Lipinski definition) is 2. The van der Waals surface area contributed by atoms with Crippen LogP contribution in [0.25, 0.3) is 0 Å². The largest absolute Gasteiger partial charge is 0.329 e. The van der Waals surface area contributed by atoms with E-state index in [4.69, 9.17) is 0 Å². The molecule has 1 saturated carbocycles. The van der Waals surface area contributed by atoms with Gasteiger partial charge in [-0.15, -0.1) is 0 Å². The molecule has 3 heteroatoms. The first-order valence-electron chi connectivity index (χ1n) is 7.69. The molecule has 0 spiro atoms. The second kappa shape index (κ2) is 6.55. The van der Waals surface area contributed by atoms with Crippen LogP contribution in [0.5, 0.6) is 0 Å². The maximum atomic E-state index is 12.1. The molecular formula is C15H28N2O. The molecule has 1 heterocycles. The zero-order valence-corrected chi connectivity index (χ0v) is 12.0. The standard InChI is InChI=1S/C15H28N2O/c1-12(2)10-14-15(18)17(11-16-14)9-5-8-13-6-3-4-7-13/h12-14,16H,3-11H2,1-2H3. The smallest absolute Gasteiger partial charge is 0.240 e. The van der Waals surface area contributed by atoms with Crippen LogP contribution in [-0.4, -0.2) is 30.1 Å². The highest BCUT2D eigenvalue weighted by Crippen LogP contribution is 2.28. The Labute approximate surface area is 111 Å². The molecule has 1 amide bonds. The first-order valence-corrected chi connectivity index (χ1v) is 7.69. The van der Waals surface area contributed by atoms with Crippen LogP contribution < -0.4 is 5.32 Å². The van der Waals surface area contributed by atoms with Gasteiger partial charge >= 0.3 is 0 Å². The number of carbonyl (C=O) groups is 1. The molecule has 1 unspecified atom stereocenters. The molecule has 1 saturated heterocycles. The third-order valence-electron chi connectivity index (χ3n) is 4.36. The summed E-state index contributed by atoms with van der Waals surface area (Å²) in [5, 5.41) is 3.34. The average molecular weight is 252 g/mol. The molecule has 0 aromatic heterocycles. The van der Waals surface area contributed by atoms with Gasteiger partial charge in [0, 0.05) is 6.54 Å². The molecule has 0 bridgehead atoms. The van der Waals surface area contributed by atoms with Gasteiger partial charge < -0.3 is 4.90 Å². The molecule has 0 aromatic rings. The zero-order chi connectivity index (χ0) is 13.0. The van der Waals surface area contributed by atoms with Crippen molar-refractivity contribution in [2.75, 3.05) is 13.2 Å². The number of carbonyl (C=O) groups excluding carboxylic acids is 1. The second-order valence-electron chi connectivity index (χ2n) is 6.44. The van der Waals surface area contributed by atoms with Crippen LogP contribution in [0.4, 0.5) is 0 Å². The molecule has 18 heavy (non-hydrogen) atoms. The van der Waals surface area contributed by atoms with E-state index in [-0.39, 0.29) is 6.04 Å². The lowest BCUT2D eigenvalue weighted by atomic mass is 10.0. The van der Waals surface area contributed by atoms with Crippen LogP contribution in [0.2, 0.25) is 0 Å². The Hall–Kier alpha value is -0.570. The number of nitrogens with one attached hydrogen (secondary N) is 1. The Bertz CT molecular complexity index is 272. The van der Waals surface area contributed by atoms with Crippen molar-refractivity contribution >= 4 is 5.91 Å². The van der Waals surface area contributed by atoms with Crippen molar-refractivity contribution in [2.24, 2.45) is 11.8 Å². The van der Waals surface area contributed by atoms with E-state index in [0.717, 1.165) is 25.6 Å². The van der Waals surface area contributed by atoms with Crippen LogP contribution >= 0.6 is 0 Å². The Morgan fingerprint density at radius 1 is 1.33 bits per heavy atom. The molecule has 104 valence electrons. The predicted octanol–water partition coefficient (Wildman–Crippen LogP) is 2.76. The molecule has 2 rings (SSSR count). The van der Waals surface area contributed by atoms with Gasteiger partial charge in [-0.3, -0.25) is 10.1 Å². The summed E-state index contributed by atoms with van der Waals surface area (Å²) in [7, 11) is 0. The van der Waals surface area contributed by atoms with E-state index in [1.165, 1.54) is 38.5 Å². The topological polar surface area (TPSA) is 32.3 Å². The van der Waals surface area contributed by atoms with Gasteiger partial charge in [-0.1, -0.05) is 39.5 Å². The lowest BCUT2D eigenvalue weighted by molar-refractivity contribution is -0.129.